The predicted octanol–water partition coefficient (Wildman–Crippen LogP) is 2.57. The van der Waals surface area contributed by atoms with Crippen LogP contribution in [0.1, 0.15) is 17.0 Å². The first kappa shape index (κ1) is 12.6. The van der Waals surface area contributed by atoms with E-state index >= 15 is 0 Å². The fraction of sp³-hybridized carbons (Fsp3) is 0.250. The van der Waals surface area contributed by atoms with E-state index in [9.17, 15) is 12.8 Å². The van der Waals surface area contributed by atoms with Gasteiger partial charge in [-0.3, -0.25) is 4.72 Å². The molecule has 0 unspecified atom stereocenters. The number of rotatable bonds is 3. The molecule has 1 aromatic heterocycles. The van der Waals surface area contributed by atoms with Crippen LogP contribution in [0.25, 0.3) is 0 Å². The molecule has 0 saturated heterocycles. The first-order chi connectivity index (χ1) is 9.04. The minimum Gasteiger partial charge on any atom is -0.255 e. The van der Waals surface area contributed by atoms with Crippen LogP contribution < -0.4 is 4.72 Å². The molecule has 0 aliphatic heterocycles. The van der Waals surface area contributed by atoms with Crippen LogP contribution in [-0.4, -0.2) is 13.4 Å². The molecular formula is C12H11FN2O2S2. The molecule has 0 amide bonds. The summed E-state index contributed by atoms with van der Waals surface area (Å²) >= 11 is 1.37. The minimum absolute atomic E-state index is 0.0317. The van der Waals surface area contributed by atoms with Crippen molar-refractivity contribution in [3.05, 3.63) is 40.7 Å². The molecule has 0 atom stereocenters. The zero-order valence-corrected chi connectivity index (χ0v) is 11.5. The predicted molar refractivity (Wildman–Crippen MR) is 71.3 cm³/mol. The van der Waals surface area contributed by atoms with Crippen LogP contribution in [0.15, 0.2) is 29.2 Å². The molecule has 1 N–H and O–H groups in total. The Morgan fingerprint density at radius 1 is 1.21 bits per heavy atom. The zero-order chi connectivity index (χ0) is 13.5. The number of aromatic nitrogens is 1. The second-order valence-electron chi connectivity index (χ2n) is 4.30. The van der Waals surface area contributed by atoms with E-state index in [2.05, 4.69) is 9.71 Å². The van der Waals surface area contributed by atoms with Crippen molar-refractivity contribution in [2.45, 2.75) is 24.2 Å². The van der Waals surface area contributed by atoms with E-state index in [0.717, 1.165) is 42.0 Å². The van der Waals surface area contributed by atoms with Crippen LogP contribution in [0.2, 0.25) is 0 Å². The van der Waals surface area contributed by atoms with Gasteiger partial charge in [0.2, 0.25) is 0 Å². The average molecular weight is 298 g/mol. The van der Waals surface area contributed by atoms with E-state index < -0.39 is 15.8 Å². The Morgan fingerprint density at radius 3 is 2.63 bits per heavy atom. The molecular weight excluding hydrogens is 287 g/mol. The Balaban J connectivity index is 1.86. The van der Waals surface area contributed by atoms with Gasteiger partial charge >= 0.3 is 0 Å². The van der Waals surface area contributed by atoms with Gasteiger partial charge in [0.25, 0.3) is 10.0 Å². The summed E-state index contributed by atoms with van der Waals surface area (Å²) in [5.41, 5.74) is 0.988. The van der Waals surface area contributed by atoms with E-state index in [1.54, 1.807) is 0 Å². The molecule has 100 valence electrons. The van der Waals surface area contributed by atoms with E-state index in [4.69, 9.17) is 0 Å². The maximum atomic E-state index is 12.8. The first-order valence-electron chi connectivity index (χ1n) is 5.81. The molecule has 0 bridgehead atoms. The van der Waals surface area contributed by atoms with Crippen molar-refractivity contribution in [1.82, 2.24) is 4.98 Å². The molecule has 1 aromatic carbocycles. The van der Waals surface area contributed by atoms with Gasteiger partial charge in [-0.1, -0.05) is 0 Å². The van der Waals surface area contributed by atoms with Crippen molar-refractivity contribution in [3.8, 4) is 0 Å². The normalized spacial score (nSPS) is 14.4. The van der Waals surface area contributed by atoms with Crippen LogP contribution in [-0.2, 0) is 22.9 Å². The Kier molecular flexibility index (Phi) is 3.02. The lowest BCUT2D eigenvalue weighted by molar-refractivity contribution is 0.599. The van der Waals surface area contributed by atoms with Gasteiger partial charge in [-0.2, -0.15) is 0 Å². The molecule has 1 aliphatic carbocycles. The Morgan fingerprint density at radius 2 is 1.95 bits per heavy atom. The highest BCUT2D eigenvalue weighted by Crippen LogP contribution is 2.31. The summed E-state index contributed by atoms with van der Waals surface area (Å²) in [5.74, 6) is -0.466. The van der Waals surface area contributed by atoms with Gasteiger partial charge < -0.3 is 0 Å². The highest BCUT2D eigenvalue weighted by atomic mass is 32.2. The third-order valence-corrected chi connectivity index (χ3v) is 5.50. The fourth-order valence-corrected chi connectivity index (χ4v) is 4.31. The van der Waals surface area contributed by atoms with E-state index in [0.29, 0.717) is 5.13 Å². The Hall–Kier alpha value is -1.47. The SMILES string of the molecule is O=S(=O)(Nc1nc2c(s1)CCC2)c1ccc(F)cc1. The monoisotopic (exact) mass is 298 g/mol. The molecule has 3 rings (SSSR count). The number of benzene rings is 1. The maximum Gasteiger partial charge on any atom is 0.263 e. The van der Waals surface area contributed by atoms with E-state index in [-0.39, 0.29) is 4.90 Å². The van der Waals surface area contributed by atoms with Crippen molar-refractivity contribution in [3.63, 3.8) is 0 Å². The molecule has 2 aromatic rings. The lowest BCUT2D eigenvalue weighted by Gasteiger charge is -2.04. The standard InChI is InChI=1S/C12H11FN2O2S2/c13-8-4-6-9(7-5-8)19(16,17)15-12-14-10-2-1-3-11(10)18-12/h4-7H,1-3H2,(H,14,15). The molecule has 1 aliphatic rings. The van der Waals surface area contributed by atoms with Crippen molar-refractivity contribution >= 4 is 26.5 Å². The number of nitrogens with one attached hydrogen (secondary N) is 1. The Labute approximate surface area is 114 Å². The summed E-state index contributed by atoms with van der Waals surface area (Å²) in [6.45, 7) is 0. The molecule has 0 fully saturated rings. The zero-order valence-electron chi connectivity index (χ0n) is 9.89. The minimum atomic E-state index is -3.69. The highest BCUT2D eigenvalue weighted by molar-refractivity contribution is 7.93. The summed E-state index contributed by atoms with van der Waals surface area (Å²) in [4.78, 5) is 5.45. The van der Waals surface area contributed by atoms with Crippen LogP contribution in [0, 0.1) is 5.82 Å². The van der Waals surface area contributed by atoms with Crippen molar-refractivity contribution in [2.24, 2.45) is 0 Å². The van der Waals surface area contributed by atoms with Gasteiger partial charge in [0.1, 0.15) is 5.82 Å². The number of halogens is 1. The summed E-state index contributed by atoms with van der Waals surface area (Å²) < 4.78 is 39.4. The number of sulfonamides is 1. The highest BCUT2D eigenvalue weighted by Gasteiger charge is 2.20. The van der Waals surface area contributed by atoms with Crippen LogP contribution in [0.4, 0.5) is 9.52 Å². The van der Waals surface area contributed by atoms with Crippen molar-refractivity contribution in [1.29, 1.82) is 0 Å². The molecule has 0 saturated carbocycles. The van der Waals surface area contributed by atoms with Gasteiger partial charge in [0.15, 0.2) is 5.13 Å². The molecule has 19 heavy (non-hydrogen) atoms. The number of anilines is 1. The van der Waals surface area contributed by atoms with Gasteiger partial charge in [-0.15, -0.1) is 11.3 Å². The summed E-state index contributed by atoms with van der Waals surface area (Å²) in [6, 6.07) is 4.71. The Bertz CT molecular complexity index is 686. The van der Waals surface area contributed by atoms with Crippen LogP contribution >= 0.6 is 11.3 Å². The first-order valence-corrected chi connectivity index (χ1v) is 8.11. The fourth-order valence-electron chi connectivity index (χ4n) is 2.02. The number of nitrogens with zero attached hydrogens (tertiary/aromatic N) is 1. The number of aryl methyl sites for hydroxylation is 2. The molecule has 7 heteroatoms. The summed E-state index contributed by atoms with van der Waals surface area (Å²) in [7, 11) is -3.69. The van der Waals surface area contributed by atoms with Gasteiger partial charge in [0, 0.05) is 4.88 Å². The topological polar surface area (TPSA) is 59.1 Å². The smallest absolute Gasteiger partial charge is 0.255 e. The molecule has 0 radical (unpaired) electrons. The van der Waals surface area contributed by atoms with E-state index in [1.165, 1.54) is 23.5 Å². The number of hydrogen-bond donors (Lipinski definition) is 1. The second-order valence-corrected chi connectivity index (χ2v) is 7.07. The quantitative estimate of drug-likeness (QED) is 0.947. The lowest BCUT2D eigenvalue weighted by atomic mass is 10.4. The van der Waals surface area contributed by atoms with Gasteiger partial charge in [0.05, 0.1) is 10.6 Å². The largest absolute Gasteiger partial charge is 0.263 e. The van der Waals surface area contributed by atoms with Gasteiger partial charge in [-0.25, -0.2) is 17.8 Å². The van der Waals surface area contributed by atoms with Crippen LogP contribution in [0.3, 0.4) is 0 Å². The third-order valence-electron chi connectivity index (χ3n) is 2.94. The second kappa shape index (κ2) is 4.57. The molecule has 1 heterocycles. The van der Waals surface area contributed by atoms with Gasteiger partial charge in [-0.05, 0) is 43.5 Å². The number of fused-ring (bicyclic) bond motifs is 1. The summed E-state index contributed by atoms with van der Waals surface area (Å²) in [6.07, 6.45) is 2.95. The van der Waals surface area contributed by atoms with Crippen molar-refractivity contribution < 1.29 is 12.8 Å². The maximum absolute atomic E-state index is 12.8. The molecule has 0 spiro atoms. The van der Waals surface area contributed by atoms with Crippen LogP contribution in [0.5, 0.6) is 0 Å². The molecule has 4 nitrogen and oxygen atoms in total. The van der Waals surface area contributed by atoms with E-state index in [1.807, 2.05) is 0 Å². The number of thiazole rings is 1. The average Bonchev–Trinajstić information content (AvgIpc) is 2.89. The van der Waals surface area contributed by atoms with Crippen molar-refractivity contribution in [2.75, 3.05) is 4.72 Å². The summed E-state index contributed by atoms with van der Waals surface area (Å²) in [5, 5.41) is 0.383. The third kappa shape index (κ3) is 2.48. The lowest BCUT2D eigenvalue weighted by Crippen LogP contribution is -2.12. The number of hydrogen-bond acceptors (Lipinski definition) is 4.